The molecule has 0 saturated carbocycles. The predicted octanol–water partition coefficient (Wildman–Crippen LogP) is 14.4. The van der Waals surface area contributed by atoms with Crippen LogP contribution >= 0.6 is 0 Å². The minimum atomic E-state index is -0.531. The largest absolute Gasteiger partial charge is 0.508 e. The molecule has 0 aliphatic carbocycles. The van der Waals surface area contributed by atoms with Gasteiger partial charge in [0.25, 0.3) is 0 Å². The van der Waals surface area contributed by atoms with Gasteiger partial charge in [0.15, 0.2) is 5.69 Å². The third-order valence-electron chi connectivity index (χ3n) is 11.3. The van der Waals surface area contributed by atoms with Crippen molar-refractivity contribution in [2.24, 2.45) is 0 Å². The number of aromatic nitrogens is 3. The van der Waals surface area contributed by atoms with Crippen molar-refractivity contribution < 1.29 is 5.11 Å². The Balaban J connectivity index is 1.60. The Labute approximate surface area is 356 Å². The molecular weight excluding hydrogens is 735 g/mol. The maximum atomic E-state index is 12.4. The minimum absolute atomic E-state index is 0.0624. The molecule has 0 spiro atoms. The molecule has 0 unspecified atom stereocenters. The molecule has 2 heterocycles. The van der Waals surface area contributed by atoms with Crippen LogP contribution in [0.25, 0.3) is 66.5 Å². The van der Waals surface area contributed by atoms with Gasteiger partial charge < -0.3 is 5.11 Å². The summed E-state index contributed by atoms with van der Waals surface area (Å²) in [4.78, 5) is 14.3. The lowest BCUT2D eigenvalue weighted by atomic mass is 9.77. The second kappa shape index (κ2) is 15.0. The third-order valence-corrected chi connectivity index (χ3v) is 11.3. The second-order valence-corrected chi connectivity index (χ2v) is 20.0. The van der Waals surface area contributed by atoms with Crippen LogP contribution in [0.4, 0.5) is 5.69 Å². The Bertz CT molecular complexity index is 2840. The number of aromatic hydroxyl groups is 1. The molecule has 0 fully saturated rings. The zero-order chi connectivity index (χ0) is 43.5. The SMILES string of the molecule is [C-]#[N+]c1c(C(C)(C)C)cc(-c2nc3c(-c4cc(-c5cc(C(C)(C)C)cc(C(C)(C)C)c5)cc(-c5ncccc5C#N)c4)cccc3n2-c2ccccc2)c(O)c1C(C)(C)C. The molecule has 0 saturated heterocycles. The molecule has 7 aromatic rings. The number of imidazole rings is 1. The number of nitrogens with zero attached hydrogens (tertiary/aromatic N) is 5. The summed E-state index contributed by atoms with van der Waals surface area (Å²) in [5, 5.41) is 22.6. The van der Waals surface area contributed by atoms with Crippen molar-refractivity contribution in [3.63, 3.8) is 0 Å². The lowest BCUT2D eigenvalue weighted by molar-refractivity contribution is 0.448. The van der Waals surface area contributed by atoms with Crippen LogP contribution < -0.4 is 0 Å². The molecule has 0 aliphatic rings. The average Bonchev–Trinajstić information content (AvgIpc) is 3.58. The maximum absolute atomic E-state index is 12.4. The summed E-state index contributed by atoms with van der Waals surface area (Å²) in [7, 11) is 0. The highest BCUT2D eigenvalue weighted by Crippen LogP contribution is 2.50. The van der Waals surface area contributed by atoms with Gasteiger partial charge in [0.05, 0.1) is 34.4 Å². The number of nitriles is 1. The van der Waals surface area contributed by atoms with Crippen LogP contribution in [-0.4, -0.2) is 19.6 Å². The summed E-state index contributed by atoms with van der Waals surface area (Å²) in [6, 6.07) is 37.7. The van der Waals surface area contributed by atoms with Gasteiger partial charge >= 0.3 is 0 Å². The highest BCUT2D eigenvalue weighted by molar-refractivity contribution is 5.98. The van der Waals surface area contributed by atoms with Crippen molar-refractivity contribution >= 4 is 16.7 Å². The summed E-state index contributed by atoms with van der Waals surface area (Å²) in [5.41, 5.74) is 12.3. The monoisotopic (exact) mass is 789 g/mol. The number of benzene rings is 5. The molecule has 0 atom stereocenters. The predicted molar refractivity (Wildman–Crippen MR) is 248 cm³/mol. The van der Waals surface area contributed by atoms with Gasteiger partial charge in [-0.2, -0.15) is 5.26 Å². The van der Waals surface area contributed by atoms with Gasteiger partial charge in [-0.15, -0.1) is 0 Å². The quantitative estimate of drug-likeness (QED) is 0.176. The number of pyridine rings is 1. The maximum Gasteiger partial charge on any atom is 0.198 e. The molecule has 0 bridgehead atoms. The lowest BCUT2D eigenvalue weighted by Crippen LogP contribution is -2.18. The van der Waals surface area contributed by atoms with E-state index in [9.17, 15) is 10.4 Å². The molecule has 2 aromatic heterocycles. The van der Waals surface area contributed by atoms with Crippen LogP contribution in [0.15, 0.2) is 109 Å². The first-order valence-electron chi connectivity index (χ1n) is 20.6. The molecule has 5 aromatic carbocycles. The molecule has 6 nitrogen and oxygen atoms in total. The summed E-state index contributed by atoms with van der Waals surface area (Å²) in [5.74, 6) is 0.640. The first-order valence-corrected chi connectivity index (χ1v) is 20.6. The third kappa shape index (κ3) is 7.71. The van der Waals surface area contributed by atoms with E-state index in [0.29, 0.717) is 33.9 Å². The minimum Gasteiger partial charge on any atom is -0.508 e. The fraction of sp³-hybridized carbons (Fsp3) is 0.296. The van der Waals surface area contributed by atoms with E-state index >= 15 is 0 Å². The topological polar surface area (TPSA) is 79.1 Å². The molecule has 7 rings (SSSR count). The van der Waals surface area contributed by atoms with Gasteiger partial charge in [0.2, 0.25) is 0 Å². The van der Waals surface area contributed by atoms with Gasteiger partial charge in [-0.25, -0.2) is 9.83 Å². The zero-order valence-electron chi connectivity index (χ0n) is 37.1. The van der Waals surface area contributed by atoms with Crippen molar-refractivity contribution in [2.75, 3.05) is 0 Å². The fourth-order valence-electron chi connectivity index (χ4n) is 8.05. The number of para-hydroxylation sites is 2. The number of phenolic OH excluding ortho intramolecular Hbond substituents is 1. The van der Waals surface area contributed by atoms with Gasteiger partial charge in [-0.1, -0.05) is 138 Å². The average molecular weight is 790 g/mol. The number of hydrogen-bond acceptors (Lipinski definition) is 4. The van der Waals surface area contributed by atoms with Crippen molar-refractivity contribution in [3.8, 4) is 62.4 Å². The highest BCUT2D eigenvalue weighted by Gasteiger charge is 2.33. The van der Waals surface area contributed by atoms with Gasteiger partial charge in [-0.3, -0.25) is 9.55 Å². The van der Waals surface area contributed by atoms with Gasteiger partial charge in [0, 0.05) is 28.6 Å². The smallest absolute Gasteiger partial charge is 0.198 e. The Morgan fingerprint density at radius 1 is 0.633 bits per heavy atom. The number of rotatable bonds is 5. The summed E-state index contributed by atoms with van der Waals surface area (Å²) < 4.78 is 2.12. The normalized spacial score (nSPS) is 12.4. The van der Waals surface area contributed by atoms with Crippen LogP contribution in [0, 0.1) is 17.9 Å². The van der Waals surface area contributed by atoms with Crippen LogP contribution in [0.1, 0.15) is 111 Å². The molecular formula is C54H55N5O. The van der Waals surface area contributed by atoms with E-state index in [1.54, 1.807) is 12.3 Å². The molecule has 0 amide bonds. The summed E-state index contributed by atoms with van der Waals surface area (Å²) >= 11 is 0. The first kappa shape index (κ1) is 41.7. The number of phenols is 1. The Morgan fingerprint density at radius 2 is 1.25 bits per heavy atom. The van der Waals surface area contributed by atoms with Gasteiger partial charge in [0.1, 0.15) is 17.6 Å². The van der Waals surface area contributed by atoms with E-state index in [0.717, 1.165) is 50.1 Å². The molecule has 6 heteroatoms. The standard InChI is InChI=1S/C54H55N5O/c1-51(2,3)38-28-35(29-39(30-38)52(4,5)6)34-25-36(27-37(26-34)46-33(32-55)19-18-24-57-46)41-22-17-23-44-47(41)58-50(59(44)40-20-15-14-16-21-40)42-31-43(53(7,8)9)48(56-13)45(49(42)60)54(10,11)12/h14-31,60H,1-12H3. The molecule has 1 N–H and O–H groups in total. The highest BCUT2D eigenvalue weighted by atomic mass is 16.3. The fourth-order valence-corrected chi connectivity index (χ4v) is 8.05. The van der Waals surface area contributed by atoms with Crippen LogP contribution in [0.5, 0.6) is 5.75 Å². The number of hydrogen-bond donors (Lipinski definition) is 1. The zero-order valence-corrected chi connectivity index (χ0v) is 37.1. The van der Waals surface area contributed by atoms with Crippen molar-refractivity contribution in [3.05, 3.63) is 149 Å². The molecule has 60 heavy (non-hydrogen) atoms. The van der Waals surface area contributed by atoms with Crippen molar-refractivity contribution in [1.29, 1.82) is 5.26 Å². The first-order chi connectivity index (χ1) is 28.1. The van der Waals surface area contributed by atoms with Crippen LogP contribution in [-0.2, 0) is 21.7 Å². The van der Waals surface area contributed by atoms with E-state index in [4.69, 9.17) is 16.5 Å². The van der Waals surface area contributed by atoms with E-state index in [-0.39, 0.29) is 16.6 Å². The van der Waals surface area contributed by atoms with E-state index in [1.807, 2.05) is 51.1 Å². The van der Waals surface area contributed by atoms with Crippen LogP contribution in [0.2, 0.25) is 0 Å². The Kier molecular flexibility index (Phi) is 10.4. The van der Waals surface area contributed by atoms with Crippen molar-refractivity contribution in [1.82, 2.24) is 14.5 Å². The summed E-state index contributed by atoms with van der Waals surface area (Å²) in [6.07, 6.45) is 1.73. The van der Waals surface area contributed by atoms with E-state index in [2.05, 4.69) is 145 Å². The molecule has 302 valence electrons. The second-order valence-electron chi connectivity index (χ2n) is 20.0. The Hall–Kier alpha value is -6.50. The van der Waals surface area contributed by atoms with Gasteiger partial charge in [-0.05, 0) is 104 Å². The van der Waals surface area contributed by atoms with E-state index in [1.165, 1.54) is 11.1 Å². The van der Waals surface area contributed by atoms with Crippen LogP contribution in [0.3, 0.4) is 0 Å². The molecule has 0 aliphatic heterocycles. The van der Waals surface area contributed by atoms with Crippen molar-refractivity contribution in [2.45, 2.75) is 105 Å². The summed E-state index contributed by atoms with van der Waals surface area (Å²) in [6.45, 7) is 34.2. The lowest BCUT2D eigenvalue weighted by Gasteiger charge is -2.29. The van der Waals surface area contributed by atoms with E-state index < -0.39 is 10.8 Å². The number of fused-ring (bicyclic) bond motifs is 1. The Morgan fingerprint density at radius 3 is 1.83 bits per heavy atom. The molecule has 0 radical (unpaired) electrons.